The number of rotatable bonds is 1. The van der Waals surface area contributed by atoms with Gasteiger partial charge in [0.1, 0.15) is 17.0 Å². The zero-order valence-corrected chi connectivity index (χ0v) is 10.6. The van der Waals surface area contributed by atoms with Crippen molar-refractivity contribution in [2.75, 3.05) is 13.2 Å². The second-order valence-electron chi connectivity index (χ2n) is 4.10. The summed E-state index contributed by atoms with van der Waals surface area (Å²) < 4.78 is 32.6. The van der Waals surface area contributed by atoms with Crippen molar-refractivity contribution in [3.05, 3.63) is 33.8 Å². The van der Waals surface area contributed by atoms with Gasteiger partial charge < -0.3 is 4.74 Å². The maximum Gasteiger partial charge on any atom is 0.142 e. The number of hydrogen-bond acceptors (Lipinski definition) is 2. The molecule has 1 heterocycles. The van der Waals surface area contributed by atoms with E-state index in [0.717, 1.165) is 12.1 Å². The first-order chi connectivity index (χ1) is 8.09. The quantitative estimate of drug-likeness (QED) is 0.746. The highest BCUT2D eigenvalue weighted by Crippen LogP contribution is 2.36. The molecule has 2 nitrogen and oxygen atoms in total. The van der Waals surface area contributed by atoms with Crippen molar-refractivity contribution in [2.24, 2.45) is 0 Å². The van der Waals surface area contributed by atoms with Crippen LogP contribution in [0.3, 0.4) is 0 Å². The predicted octanol–water partition coefficient (Wildman–Crippen LogP) is 3.30. The van der Waals surface area contributed by atoms with Crippen LogP contribution < -0.4 is 0 Å². The summed E-state index contributed by atoms with van der Waals surface area (Å²) in [6.45, 7) is 0.665. The number of benzene rings is 1. The highest BCUT2D eigenvalue weighted by molar-refractivity contribution is 9.10. The molecule has 1 aromatic carbocycles. The Morgan fingerprint density at radius 2 is 2.18 bits per heavy atom. The Labute approximate surface area is 106 Å². The summed E-state index contributed by atoms with van der Waals surface area (Å²) >= 11 is 2.95. The maximum atomic E-state index is 14.0. The molecule has 5 heteroatoms. The van der Waals surface area contributed by atoms with Crippen molar-refractivity contribution >= 4 is 15.9 Å². The largest absolute Gasteiger partial charge is 0.379 e. The first kappa shape index (κ1) is 12.5. The third-order valence-corrected chi connectivity index (χ3v) is 3.54. The van der Waals surface area contributed by atoms with Crippen molar-refractivity contribution in [1.29, 1.82) is 5.26 Å². The topological polar surface area (TPSA) is 33.0 Å². The van der Waals surface area contributed by atoms with E-state index in [-0.39, 0.29) is 16.6 Å². The summed E-state index contributed by atoms with van der Waals surface area (Å²) in [6, 6.07) is 4.21. The minimum Gasteiger partial charge on any atom is -0.379 e. The van der Waals surface area contributed by atoms with Crippen molar-refractivity contribution in [2.45, 2.75) is 18.3 Å². The molecule has 1 aromatic rings. The van der Waals surface area contributed by atoms with Crippen molar-refractivity contribution in [3.8, 4) is 6.07 Å². The van der Waals surface area contributed by atoms with Gasteiger partial charge in [-0.15, -0.1) is 0 Å². The first-order valence-corrected chi connectivity index (χ1v) is 6.02. The number of hydrogen-bond donors (Lipinski definition) is 0. The van der Waals surface area contributed by atoms with Gasteiger partial charge in [-0.25, -0.2) is 8.78 Å². The fourth-order valence-electron chi connectivity index (χ4n) is 2.06. The molecule has 0 radical (unpaired) electrons. The first-order valence-electron chi connectivity index (χ1n) is 5.23. The van der Waals surface area contributed by atoms with Gasteiger partial charge in [-0.1, -0.05) is 0 Å². The van der Waals surface area contributed by atoms with E-state index in [1.807, 2.05) is 0 Å². The lowest BCUT2D eigenvalue weighted by Gasteiger charge is -2.31. The summed E-state index contributed by atoms with van der Waals surface area (Å²) in [4.78, 5) is 0. The molecule has 0 spiro atoms. The van der Waals surface area contributed by atoms with Crippen LogP contribution in [-0.4, -0.2) is 13.2 Å². The van der Waals surface area contributed by atoms with Gasteiger partial charge in [-0.05, 0) is 40.9 Å². The van der Waals surface area contributed by atoms with Crippen LogP contribution in [0, 0.1) is 23.0 Å². The van der Waals surface area contributed by atoms with Crippen LogP contribution in [0.2, 0.25) is 0 Å². The minimum atomic E-state index is -1.08. The highest BCUT2D eigenvalue weighted by atomic mass is 79.9. The van der Waals surface area contributed by atoms with E-state index in [9.17, 15) is 14.0 Å². The molecule has 2 rings (SSSR count). The number of nitrogens with zero attached hydrogens (tertiary/aromatic N) is 1. The number of ether oxygens (including phenoxy) is 1. The highest BCUT2D eigenvalue weighted by Gasteiger charge is 2.38. The Morgan fingerprint density at radius 3 is 2.76 bits per heavy atom. The van der Waals surface area contributed by atoms with Crippen molar-refractivity contribution < 1.29 is 13.5 Å². The molecular formula is C12H10BrF2NO. The average molecular weight is 302 g/mol. The summed E-state index contributed by atoms with van der Waals surface area (Å²) in [7, 11) is 0. The second kappa shape index (κ2) is 4.71. The molecule has 17 heavy (non-hydrogen) atoms. The molecule has 0 aliphatic carbocycles. The van der Waals surface area contributed by atoms with Crippen LogP contribution in [0.25, 0.3) is 0 Å². The van der Waals surface area contributed by atoms with Crippen LogP contribution in [0.1, 0.15) is 18.4 Å². The zero-order valence-electron chi connectivity index (χ0n) is 8.97. The van der Waals surface area contributed by atoms with E-state index in [1.165, 1.54) is 0 Å². The standard InChI is InChI=1S/C12H10BrF2NO/c13-10-5-8(14)4-9(11(10)15)12(6-16)2-1-3-17-7-12/h4-5H,1-3,7H2. The van der Waals surface area contributed by atoms with Gasteiger partial charge in [-0.2, -0.15) is 5.26 Å². The number of nitriles is 1. The Kier molecular flexibility index (Phi) is 3.45. The fraction of sp³-hybridized carbons (Fsp3) is 0.417. The lowest BCUT2D eigenvalue weighted by molar-refractivity contribution is 0.0548. The van der Waals surface area contributed by atoms with Gasteiger partial charge in [0.2, 0.25) is 0 Å². The normalized spacial score (nSPS) is 24.4. The van der Waals surface area contributed by atoms with Crippen molar-refractivity contribution in [1.82, 2.24) is 0 Å². The van der Waals surface area contributed by atoms with Crippen LogP contribution in [-0.2, 0) is 10.2 Å². The minimum absolute atomic E-state index is 0.0349. The molecule has 0 aromatic heterocycles. The van der Waals surface area contributed by atoms with Crippen LogP contribution in [0.5, 0.6) is 0 Å². The molecule has 1 aliphatic heterocycles. The second-order valence-corrected chi connectivity index (χ2v) is 4.95. The zero-order chi connectivity index (χ0) is 12.5. The molecule has 1 aliphatic rings. The summed E-state index contributed by atoms with van der Waals surface area (Å²) in [6.07, 6.45) is 1.15. The Hall–Kier alpha value is -0.990. The SMILES string of the molecule is N#CC1(c2cc(F)cc(Br)c2F)CCCOC1. The molecule has 1 saturated heterocycles. The van der Waals surface area contributed by atoms with Gasteiger partial charge in [0.15, 0.2) is 0 Å². The maximum absolute atomic E-state index is 14.0. The smallest absolute Gasteiger partial charge is 0.142 e. The van der Waals surface area contributed by atoms with Crippen molar-refractivity contribution in [3.63, 3.8) is 0 Å². The van der Waals surface area contributed by atoms with E-state index in [1.54, 1.807) is 0 Å². The predicted molar refractivity (Wildman–Crippen MR) is 61.4 cm³/mol. The van der Waals surface area contributed by atoms with E-state index < -0.39 is 17.0 Å². The summed E-state index contributed by atoms with van der Waals surface area (Å²) in [5.74, 6) is -1.15. The molecule has 1 fully saturated rings. The van der Waals surface area contributed by atoms with E-state index in [2.05, 4.69) is 22.0 Å². The third kappa shape index (κ3) is 2.20. The lowest BCUT2D eigenvalue weighted by atomic mass is 9.77. The van der Waals surface area contributed by atoms with Crippen LogP contribution >= 0.6 is 15.9 Å². The molecule has 90 valence electrons. The molecular weight excluding hydrogens is 292 g/mol. The molecule has 0 N–H and O–H groups in total. The van der Waals surface area contributed by atoms with E-state index >= 15 is 0 Å². The molecule has 0 amide bonds. The van der Waals surface area contributed by atoms with Gasteiger partial charge in [0, 0.05) is 12.2 Å². The summed E-state index contributed by atoms with van der Waals surface area (Å²) in [5.41, 5.74) is -1.00. The monoisotopic (exact) mass is 301 g/mol. The van der Waals surface area contributed by atoms with Crippen LogP contribution in [0.15, 0.2) is 16.6 Å². The molecule has 1 unspecified atom stereocenters. The fourth-order valence-corrected chi connectivity index (χ4v) is 2.49. The molecule has 0 bridgehead atoms. The Balaban J connectivity index is 2.54. The van der Waals surface area contributed by atoms with Gasteiger partial charge >= 0.3 is 0 Å². The Bertz CT molecular complexity index is 478. The van der Waals surface area contributed by atoms with E-state index in [4.69, 9.17) is 4.74 Å². The lowest BCUT2D eigenvalue weighted by Crippen LogP contribution is -2.35. The summed E-state index contributed by atoms with van der Waals surface area (Å²) in [5, 5.41) is 9.27. The van der Waals surface area contributed by atoms with Gasteiger partial charge in [0.25, 0.3) is 0 Å². The number of halogens is 3. The molecule has 0 saturated carbocycles. The van der Waals surface area contributed by atoms with Crippen LogP contribution in [0.4, 0.5) is 8.78 Å². The van der Waals surface area contributed by atoms with Gasteiger partial charge in [0.05, 0.1) is 17.1 Å². The third-order valence-electron chi connectivity index (χ3n) is 2.96. The van der Waals surface area contributed by atoms with E-state index in [0.29, 0.717) is 19.4 Å². The molecule has 1 atom stereocenters. The Morgan fingerprint density at radius 1 is 1.41 bits per heavy atom. The van der Waals surface area contributed by atoms with Gasteiger partial charge in [-0.3, -0.25) is 0 Å². The average Bonchev–Trinajstić information content (AvgIpc) is 2.34.